The van der Waals surface area contributed by atoms with Gasteiger partial charge in [0, 0.05) is 18.8 Å². The van der Waals surface area contributed by atoms with Gasteiger partial charge in [-0.3, -0.25) is 9.00 Å². The van der Waals surface area contributed by atoms with Crippen LogP contribution in [0.4, 0.5) is 0 Å². The first-order chi connectivity index (χ1) is 15.5. The van der Waals surface area contributed by atoms with E-state index >= 15 is 0 Å². The molecule has 0 aromatic heterocycles. The van der Waals surface area contributed by atoms with Crippen LogP contribution in [0.2, 0.25) is 0 Å². The molecule has 0 saturated heterocycles. The summed E-state index contributed by atoms with van der Waals surface area (Å²) < 4.78 is 17.8. The lowest BCUT2D eigenvalue weighted by Crippen LogP contribution is -2.39. The van der Waals surface area contributed by atoms with Crippen molar-refractivity contribution in [3.63, 3.8) is 0 Å². The van der Waals surface area contributed by atoms with Crippen LogP contribution in [0.15, 0.2) is 89.8 Å². The molecule has 1 amide bonds. The Kier molecular flexibility index (Phi) is 8.34. The summed E-state index contributed by atoms with van der Waals surface area (Å²) in [5.41, 5.74) is 2.20. The lowest BCUT2D eigenvalue weighted by atomic mass is 10.1. The van der Waals surface area contributed by atoms with Crippen molar-refractivity contribution in [2.45, 2.75) is 37.9 Å². The van der Waals surface area contributed by atoms with Crippen molar-refractivity contribution >= 4 is 22.7 Å². The van der Waals surface area contributed by atoms with Crippen LogP contribution in [0, 0.1) is 0 Å². The van der Waals surface area contributed by atoms with E-state index in [-0.39, 0.29) is 11.5 Å². The van der Waals surface area contributed by atoms with E-state index in [0.29, 0.717) is 23.7 Å². The molecule has 166 valence electrons. The van der Waals surface area contributed by atoms with E-state index in [1.54, 1.807) is 43.0 Å². The molecule has 5 nitrogen and oxygen atoms in total. The third-order valence-corrected chi connectivity index (χ3v) is 6.36. The Bertz CT molecular complexity index is 1030. The van der Waals surface area contributed by atoms with Gasteiger partial charge < -0.3 is 9.64 Å². The first-order valence-corrected chi connectivity index (χ1v) is 11.9. The molecule has 0 saturated carbocycles. The van der Waals surface area contributed by atoms with Gasteiger partial charge in [0.2, 0.25) is 0 Å². The van der Waals surface area contributed by atoms with Crippen molar-refractivity contribution in [2.24, 2.45) is 0 Å². The summed E-state index contributed by atoms with van der Waals surface area (Å²) in [5, 5.41) is 0. The molecule has 0 radical (unpaired) electrons. The Labute approximate surface area is 191 Å². The summed E-state index contributed by atoms with van der Waals surface area (Å²) in [5.74, 6) is -0.552. The number of esters is 1. The van der Waals surface area contributed by atoms with Gasteiger partial charge in [0.15, 0.2) is 6.10 Å². The summed E-state index contributed by atoms with van der Waals surface area (Å²) in [6, 6.07) is 26.0. The molecule has 0 N–H and O–H groups in total. The van der Waals surface area contributed by atoms with E-state index in [2.05, 4.69) is 0 Å². The van der Waals surface area contributed by atoms with Gasteiger partial charge in [-0.15, -0.1) is 0 Å². The summed E-state index contributed by atoms with van der Waals surface area (Å²) in [7, 11) is -1.31. The summed E-state index contributed by atoms with van der Waals surface area (Å²) in [4.78, 5) is 28.2. The molecule has 2 unspecified atom stereocenters. The third kappa shape index (κ3) is 6.14. The molecule has 3 aromatic rings. The molecule has 0 fully saturated rings. The van der Waals surface area contributed by atoms with Crippen LogP contribution in [0.25, 0.3) is 0 Å². The molecule has 32 heavy (non-hydrogen) atoms. The number of hydrogen-bond donors (Lipinski definition) is 0. The maximum atomic E-state index is 13.3. The monoisotopic (exact) mass is 449 g/mol. The smallest absolute Gasteiger partial charge is 0.340 e. The van der Waals surface area contributed by atoms with Crippen LogP contribution in [0.5, 0.6) is 0 Å². The van der Waals surface area contributed by atoms with Crippen molar-refractivity contribution in [3.8, 4) is 0 Å². The van der Waals surface area contributed by atoms with Crippen LogP contribution in [0.1, 0.15) is 35.3 Å². The quantitative estimate of drug-likeness (QED) is 0.448. The van der Waals surface area contributed by atoms with E-state index in [0.717, 1.165) is 11.1 Å². The molecule has 0 heterocycles. The molecule has 0 bridgehead atoms. The van der Waals surface area contributed by atoms with Crippen LogP contribution < -0.4 is 0 Å². The highest BCUT2D eigenvalue weighted by Gasteiger charge is 2.26. The number of carbonyl (C=O) groups excluding carboxylic acids is 2. The predicted molar refractivity (Wildman–Crippen MR) is 125 cm³/mol. The Morgan fingerprint density at radius 3 is 1.88 bits per heavy atom. The number of hydrogen-bond acceptors (Lipinski definition) is 4. The van der Waals surface area contributed by atoms with Crippen molar-refractivity contribution in [1.29, 1.82) is 0 Å². The zero-order chi connectivity index (χ0) is 22.9. The second kappa shape index (κ2) is 11.4. The standard InChI is InChI=1S/C26H27NO4S/c1-3-32(30)24-17-11-10-16-23(24)26(29)31-20(2)25(28)27(18-21-12-6-4-7-13-21)19-22-14-8-5-9-15-22/h4-17,20H,3,18-19H2,1-2H3. The molecule has 0 aliphatic rings. The van der Waals surface area contributed by atoms with E-state index < -0.39 is 22.9 Å². The second-order valence-corrected chi connectivity index (χ2v) is 9.05. The number of rotatable bonds is 9. The maximum Gasteiger partial charge on any atom is 0.340 e. The SMILES string of the molecule is CCS(=O)c1ccccc1C(=O)OC(C)C(=O)N(Cc1ccccc1)Cc1ccccc1. The first kappa shape index (κ1) is 23.4. The number of ether oxygens (including phenoxy) is 1. The molecule has 0 aliphatic heterocycles. The number of nitrogens with zero attached hydrogens (tertiary/aromatic N) is 1. The molecule has 2 atom stereocenters. The molecular weight excluding hydrogens is 422 g/mol. The minimum Gasteiger partial charge on any atom is -0.449 e. The molecule has 0 aliphatic carbocycles. The zero-order valence-electron chi connectivity index (χ0n) is 18.3. The average molecular weight is 450 g/mol. The third-order valence-electron chi connectivity index (χ3n) is 4.99. The highest BCUT2D eigenvalue weighted by Crippen LogP contribution is 2.18. The van der Waals surface area contributed by atoms with Gasteiger partial charge in [-0.05, 0) is 30.2 Å². The van der Waals surface area contributed by atoms with Crippen LogP contribution in [0.3, 0.4) is 0 Å². The van der Waals surface area contributed by atoms with Gasteiger partial charge >= 0.3 is 5.97 Å². The largest absolute Gasteiger partial charge is 0.449 e. The predicted octanol–water partition coefficient (Wildman–Crippen LogP) is 4.59. The average Bonchev–Trinajstić information content (AvgIpc) is 2.83. The maximum absolute atomic E-state index is 13.3. The normalized spacial score (nSPS) is 12.6. The van der Waals surface area contributed by atoms with Gasteiger partial charge in [-0.2, -0.15) is 0 Å². The van der Waals surface area contributed by atoms with E-state index in [4.69, 9.17) is 4.74 Å². The Hall–Kier alpha value is -3.25. The molecule has 3 rings (SSSR count). The van der Waals surface area contributed by atoms with Gasteiger partial charge in [0.1, 0.15) is 0 Å². The first-order valence-electron chi connectivity index (χ1n) is 10.5. The molecule has 6 heteroatoms. The Morgan fingerprint density at radius 1 is 0.844 bits per heavy atom. The van der Waals surface area contributed by atoms with Crippen molar-refractivity contribution in [3.05, 3.63) is 102 Å². The Morgan fingerprint density at radius 2 is 1.34 bits per heavy atom. The van der Waals surface area contributed by atoms with Crippen molar-refractivity contribution in [2.75, 3.05) is 5.75 Å². The minimum absolute atomic E-state index is 0.227. The fourth-order valence-electron chi connectivity index (χ4n) is 3.34. The van der Waals surface area contributed by atoms with Crippen LogP contribution in [-0.2, 0) is 33.4 Å². The van der Waals surface area contributed by atoms with Crippen LogP contribution >= 0.6 is 0 Å². The van der Waals surface area contributed by atoms with Gasteiger partial charge in [0.25, 0.3) is 5.91 Å². The zero-order valence-corrected chi connectivity index (χ0v) is 19.1. The van der Waals surface area contributed by atoms with Gasteiger partial charge in [0.05, 0.1) is 21.3 Å². The molecular formula is C26H27NO4S. The minimum atomic E-state index is -1.31. The second-order valence-electron chi connectivity index (χ2n) is 7.34. The molecule has 3 aromatic carbocycles. The number of carbonyl (C=O) groups is 2. The van der Waals surface area contributed by atoms with E-state index in [1.807, 2.05) is 60.7 Å². The fraction of sp³-hybridized carbons (Fsp3) is 0.231. The van der Waals surface area contributed by atoms with Crippen LogP contribution in [-0.4, -0.2) is 32.8 Å². The summed E-state index contributed by atoms with van der Waals surface area (Å²) >= 11 is 0. The fourth-order valence-corrected chi connectivity index (χ4v) is 4.28. The summed E-state index contributed by atoms with van der Waals surface area (Å²) in [6.07, 6.45) is -0.988. The lowest BCUT2D eigenvalue weighted by molar-refractivity contribution is -0.141. The highest BCUT2D eigenvalue weighted by atomic mass is 32.2. The highest BCUT2D eigenvalue weighted by molar-refractivity contribution is 7.85. The lowest BCUT2D eigenvalue weighted by Gasteiger charge is -2.26. The van der Waals surface area contributed by atoms with E-state index in [1.165, 1.54) is 0 Å². The number of amides is 1. The van der Waals surface area contributed by atoms with Gasteiger partial charge in [-0.1, -0.05) is 79.7 Å². The van der Waals surface area contributed by atoms with E-state index in [9.17, 15) is 13.8 Å². The Balaban J connectivity index is 1.78. The van der Waals surface area contributed by atoms with Crippen molar-refractivity contribution in [1.82, 2.24) is 4.90 Å². The molecule has 0 spiro atoms. The van der Waals surface area contributed by atoms with Crippen molar-refractivity contribution < 1.29 is 18.5 Å². The van der Waals surface area contributed by atoms with Gasteiger partial charge in [-0.25, -0.2) is 4.79 Å². The topological polar surface area (TPSA) is 63.7 Å². The summed E-state index contributed by atoms with van der Waals surface area (Å²) in [6.45, 7) is 4.15. The number of benzene rings is 3.